The van der Waals surface area contributed by atoms with Crippen LogP contribution >= 0.6 is 22.6 Å². The van der Waals surface area contributed by atoms with E-state index in [4.69, 9.17) is 4.42 Å². The lowest BCUT2D eigenvalue weighted by Crippen LogP contribution is -3.61. The molecule has 1 heterocycles. The highest BCUT2D eigenvalue weighted by molar-refractivity contribution is 14.1. The average Bonchev–Trinajstić information content (AvgIpc) is 2.95. The van der Waals surface area contributed by atoms with Crippen LogP contribution in [0.25, 0.3) is 0 Å². The molecule has 0 N–H and O–H groups in total. The van der Waals surface area contributed by atoms with Crippen LogP contribution in [-0.2, 0) is 10.1 Å². The summed E-state index contributed by atoms with van der Waals surface area (Å²) >= 11 is 2.19. The summed E-state index contributed by atoms with van der Waals surface area (Å²) in [6, 6.07) is 18.6. The Balaban J connectivity index is 0.000000186. The molecule has 0 fully saturated rings. The van der Waals surface area contributed by atoms with Crippen LogP contribution in [-0.4, -0.2) is 13.0 Å². The Hall–Kier alpha value is -0.910. The van der Waals surface area contributed by atoms with E-state index in [1.54, 1.807) is 12.1 Å². The predicted molar refractivity (Wildman–Crippen MR) is 99.1 cm³/mol. The summed E-state index contributed by atoms with van der Waals surface area (Å²) in [5, 5.41) is 0. The molecule has 3 aromatic rings. The lowest BCUT2D eigenvalue weighted by molar-refractivity contribution is -0.617. The minimum absolute atomic E-state index is 0.133. The van der Waals surface area contributed by atoms with Crippen LogP contribution in [0.3, 0.4) is 0 Å². The summed E-state index contributed by atoms with van der Waals surface area (Å²) in [6.07, 6.45) is 0. The standard InChI is InChI=1S/C11H9I2O.C7H8O3S/c1-8-2-7-11(14-8)13-10-5-3-9(12)4-6-10;1-6-2-4-7(5-3-6)11(8,9)10/h2-7H,1H3;2-5H,1H3,(H,8,9,10)/q+1;/p-1. The number of rotatable bonds is 3. The van der Waals surface area contributed by atoms with Crippen LogP contribution in [0.15, 0.2) is 70.0 Å². The van der Waals surface area contributed by atoms with E-state index in [1.165, 1.54) is 19.3 Å². The summed E-state index contributed by atoms with van der Waals surface area (Å²) in [5.41, 5.74) is 0.928. The highest BCUT2D eigenvalue weighted by Gasteiger charge is 2.18. The molecule has 0 amide bonds. The summed E-state index contributed by atoms with van der Waals surface area (Å²) in [5.74, 6) is 1.00. The smallest absolute Gasteiger partial charge is 0.400 e. The topological polar surface area (TPSA) is 70.3 Å². The predicted octanol–water partition coefficient (Wildman–Crippen LogP) is 1.22. The molecule has 2 aromatic carbocycles. The number of hydrogen-bond acceptors (Lipinski definition) is 4. The second-order valence-electron chi connectivity index (χ2n) is 5.15. The zero-order valence-corrected chi connectivity index (χ0v) is 18.7. The van der Waals surface area contributed by atoms with E-state index in [2.05, 4.69) is 52.9 Å². The minimum Gasteiger partial charge on any atom is -0.744 e. The van der Waals surface area contributed by atoms with Gasteiger partial charge < -0.3 is 8.97 Å². The zero-order chi connectivity index (χ0) is 18.4. The summed E-state index contributed by atoms with van der Waals surface area (Å²) in [7, 11) is -4.27. The molecule has 0 aliphatic heterocycles. The van der Waals surface area contributed by atoms with Crippen LogP contribution in [0.5, 0.6) is 0 Å². The fraction of sp³-hybridized carbons (Fsp3) is 0.111. The fourth-order valence-electron chi connectivity index (χ4n) is 1.76. The van der Waals surface area contributed by atoms with Crippen molar-refractivity contribution in [3.8, 4) is 0 Å². The third kappa shape index (κ3) is 7.08. The van der Waals surface area contributed by atoms with Crippen LogP contribution in [0.4, 0.5) is 0 Å². The maximum absolute atomic E-state index is 10.4. The third-order valence-corrected chi connectivity index (χ3v) is 7.05. The monoisotopic (exact) mass is 582 g/mol. The number of aryl methyl sites for hydroxylation is 2. The van der Waals surface area contributed by atoms with Crippen molar-refractivity contribution in [2.75, 3.05) is 0 Å². The van der Waals surface area contributed by atoms with Crippen molar-refractivity contribution in [1.82, 2.24) is 0 Å². The first-order chi connectivity index (χ1) is 11.7. The number of halogens is 2. The van der Waals surface area contributed by atoms with Crippen molar-refractivity contribution in [3.63, 3.8) is 0 Å². The molecule has 7 heteroatoms. The first-order valence-corrected chi connectivity index (χ1v) is 11.9. The molecule has 0 bridgehead atoms. The van der Waals surface area contributed by atoms with E-state index in [0.29, 0.717) is 0 Å². The molecule has 0 spiro atoms. The fourth-order valence-corrected chi connectivity index (χ4v) is 4.74. The molecule has 25 heavy (non-hydrogen) atoms. The molecule has 0 radical (unpaired) electrons. The van der Waals surface area contributed by atoms with E-state index in [1.807, 2.05) is 19.9 Å². The summed E-state index contributed by atoms with van der Waals surface area (Å²) < 4.78 is 40.6. The van der Waals surface area contributed by atoms with Gasteiger partial charge in [0.15, 0.2) is 3.57 Å². The Morgan fingerprint density at radius 3 is 2.00 bits per heavy atom. The Labute approximate surface area is 171 Å². The van der Waals surface area contributed by atoms with Gasteiger partial charge in [0, 0.05) is 9.64 Å². The van der Waals surface area contributed by atoms with E-state index in [9.17, 15) is 13.0 Å². The number of benzene rings is 2. The molecule has 0 atom stereocenters. The van der Waals surface area contributed by atoms with Crippen molar-refractivity contribution >= 4 is 32.7 Å². The first kappa shape index (κ1) is 20.4. The lowest BCUT2D eigenvalue weighted by atomic mass is 10.2. The minimum atomic E-state index is -4.27. The van der Waals surface area contributed by atoms with Crippen molar-refractivity contribution in [2.24, 2.45) is 0 Å². The van der Waals surface area contributed by atoms with Crippen LogP contribution < -0.4 is 21.2 Å². The molecular weight excluding hydrogens is 566 g/mol. The van der Waals surface area contributed by atoms with Gasteiger partial charge in [-0.25, -0.2) is 8.42 Å². The molecule has 0 aliphatic rings. The largest absolute Gasteiger partial charge is 0.744 e. The highest BCUT2D eigenvalue weighted by Crippen LogP contribution is 2.08. The van der Waals surface area contributed by atoms with Gasteiger partial charge in [-0.1, -0.05) is 17.7 Å². The van der Waals surface area contributed by atoms with Gasteiger partial charge in [-0.15, -0.1) is 0 Å². The van der Waals surface area contributed by atoms with Gasteiger partial charge in [0.1, 0.15) is 15.9 Å². The van der Waals surface area contributed by atoms with Gasteiger partial charge in [0.25, 0.3) is 0 Å². The van der Waals surface area contributed by atoms with Crippen molar-refractivity contribution in [2.45, 2.75) is 18.7 Å². The molecular formula is C18H16I2O4S. The Morgan fingerprint density at radius 1 is 0.920 bits per heavy atom. The van der Waals surface area contributed by atoms with E-state index in [0.717, 1.165) is 15.1 Å². The second kappa shape index (κ2) is 9.15. The Morgan fingerprint density at radius 2 is 1.52 bits per heavy atom. The average molecular weight is 582 g/mol. The Bertz CT molecular complexity index is 914. The lowest BCUT2D eigenvalue weighted by Gasteiger charge is -2.05. The molecule has 0 saturated carbocycles. The third-order valence-electron chi connectivity index (χ3n) is 3.02. The normalized spacial score (nSPS) is 10.9. The zero-order valence-electron chi connectivity index (χ0n) is 13.6. The maximum atomic E-state index is 10.4. The molecule has 1 aromatic heterocycles. The molecule has 132 valence electrons. The van der Waals surface area contributed by atoms with Gasteiger partial charge in [-0.05, 0) is 78.9 Å². The van der Waals surface area contributed by atoms with Gasteiger partial charge in [0.05, 0.1) is 4.90 Å². The SMILES string of the molecule is Cc1ccc(S(=O)(=O)[O-])cc1.Cc1ccc([I+]c2ccc(I)cc2)o1. The first-order valence-electron chi connectivity index (χ1n) is 7.23. The molecule has 0 aliphatic carbocycles. The maximum Gasteiger partial charge on any atom is 0.400 e. The van der Waals surface area contributed by atoms with Gasteiger partial charge in [0.2, 0.25) is 0 Å². The molecule has 0 saturated heterocycles. The van der Waals surface area contributed by atoms with E-state index < -0.39 is 10.1 Å². The Kier molecular flexibility index (Phi) is 7.47. The quantitative estimate of drug-likeness (QED) is 0.345. The second-order valence-corrected chi connectivity index (χ2v) is 10.6. The van der Waals surface area contributed by atoms with Crippen LogP contribution in [0.2, 0.25) is 0 Å². The van der Waals surface area contributed by atoms with E-state index >= 15 is 0 Å². The van der Waals surface area contributed by atoms with Gasteiger partial charge in [-0.2, -0.15) is 0 Å². The summed E-state index contributed by atoms with van der Waals surface area (Å²) in [4.78, 5) is -0.178. The molecule has 4 nitrogen and oxygen atoms in total. The van der Waals surface area contributed by atoms with E-state index in [-0.39, 0.29) is 26.1 Å². The van der Waals surface area contributed by atoms with Crippen molar-refractivity contribution in [1.29, 1.82) is 0 Å². The highest BCUT2D eigenvalue weighted by atomic mass is 127. The van der Waals surface area contributed by atoms with Gasteiger partial charge in [-0.3, -0.25) is 0 Å². The van der Waals surface area contributed by atoms with Crippen LogP contribution in [0, 0.1) is 24.8 Å². The van der Waals surface area contributed by atoms with Crippen molar-refractivity contribution in [3.05, 3.63) is 82.9 Å². The summed E-state index contributed by atoms with van der Waals surface area (Å²) in [6.45, 7) is 3.81. The van der Waals surface area contributed by atoms with Crippen molar-refractivity contribution < 1.29 is 38.6 Å². The number of hydrogen-bond donors (Lipinski definition) is 0. The molecule has 0 unspecified atom stereocenters. The van der Waals surface area contributed by atoms with Crippen LogP contribution in [0.1, 0.15) is 11.3 Å². The number of furan rings is 1. The molecule has 3 rings (SSSR count). The van der Waals surface area contributed by atoms with Gasteiger partial charge >= 0.3 is 25.0 Å².